The molecule has 0 amide bonds. The van der Waals surface area contributed by atoms with E-state index < -0.39 is 0 Å². The molecule has 19 heavy (non-hydrogen) atoms. The first-order valence-electron chi connectivity index (χ1n) is 6.80. The third kappa shape index (κ3) is 1.26. The number of fused-ring (bicyclic) bond motifs is 3. The van der Waals surface area contributed by atoms with Gasteiger partial charge in [0.05, 0.1) is 5.03 Å². The Labute approximate surface area is 117 Å². The highest BCUT2D eigenvalue weighted by atomic mass is 35.5. The molecule has 0 aromatic heterocycles. The minimum atomic E-state index is 0.0660. The van der Waals surface area contributed by atoms with E-state index in [1.54, 1.807) is 6.07 Å². The zero-order valence-corrected chi connectivity index (χ0v) is 11.5. The fourth-order valence-corrected chi connectivity index (χ4v) is 4.77. The maximum absolute atomic E-state index is 12.2. The van der Waals surface area contributed by atoms with Crippen LogP contribution in [0.25, 0.3) is 5.57 Å². The Kier molecular flexibility index (Phi) is 2.08. The first-order valence-corrected chi connectivity index (χ1v) is 7.17. The molecule has 4 rings (SSSR count). The highest BCUT2D eigenvalue weighted by Gasteiger charge is 2.54. The van der Waals surface area contributed by atoms with E-state index in [0.717, 1.165) is 42.4 Å². The molecule has 3 aliphatic carbocycles. The molecule has 2 nitrogen and oxygen atoms in total. The van der Waals surface area contributed by atoms with E-state index in [-0.39, 0.29) is 17.1 Å². The minimum Gasteiger partial charge on any atom is -0.508 e. The van der Waals surface area contributed by atoms with Gasteiger partial charge in [0.2, 0.25) is 0 Å². The number of benzene rings is 1. The van der Waals surface area contributed by atoms with E-state index in [1.807, 2.05) is 13.0 Å². The van der Waals surface area contributed by atoms with Gasteiger partial charge in [-0.1, -0.05) is 17.7 Å². The second kappa shape index (κ2) is 3.43. The number of phenols is 1. The van der Waals surface area contributed by atoms with Crippen molar-refractivity contribution < 1.29 is 9.90 Å². The van der Waals surface area contributed by atoms with Gasteiger partial charge in [0.1, 0.15) is 5.75 Å². The van der Waals surface area contributed by atoms with Crippen molar-refractivity contribution in [2.75, 3.05) is 0 Å². The lowest BCUT2D eigenvalue weighted by atomic mass is 9.74. The summed E-state index contributed by atoms with van der Waals surface area (Å²) in [5.41, 5.74) is 4.34. The van der Waals surface area contributed by atoms with Gasteiger partial charge in [-0.15, -0.1) is 0 Å². The van der Waals surface area contributed by atoms with E-state index in [4.69, 9.17) is 11.6 Å². The molecule has 1 saturated carbocycles. The maximum Gasteiger partial charge on any atom is 0.177 e. The van der Waals surface area contributed by atoms with Crippen LogP contribution < -0.4 is 0 Å². The quantitative estimate of drug-likeness (QED) is 0.785. The number of carbonyl (C=O) groups is 1. The molecule has 1 N–H and O–H groups in total. The van der Waals surface area contributed by atoms with E-state index in [1.165, 1.54) is 5.56 Å². The molecule has 2 bridgehead atoms. The summed E-state index contributed by atoms with van der Waals surface area (Å²) in [6.07, 6.45) is 3.87. The molecule has 1 aromatic rings. The zero-order valence-electron chi connectivity index (χ0n) is 10.8. The number of Topliss-reactive ketones (excluding diaryl/α,β-unsaturated/α-hetero) is 1. The molecule has 98 valence electrons. The minimum absolute atomic E-state index is 0.0660. The molecular weight excluding hydrogens is 260 g/mol. The average molecular weight is 275 g/mol. The van der Waals surface area contributed by atoms with Gasteiger partial charge in [0.15, 0.2) is 5.78 Å². The molecule has 1 spiro atoms. The van der Waals surface area contributed by atoms with Crippen LogP contribution in [0.3, 0.4) is 0 Å². The average Bonchev–Trinajstić information content (AvgIpc) is 2.93. The zero-order chi connectivity index (χ0) is 13.4. The van der Waals surface area contributed by atoms with Crippen molar-refractivity contribution >= 4 is 23.0 Å². The number of halogens is 1. The van der Waals surface area contributed by atoms with Crippen molar-refractivity contribution in [2.45, 2.75) is 32.6 Å². The number of hydrogen-bond donors (Lipinski definition) is 1. The van der Waals surface area contributed by atoms with Crippen LogP contribution in [0.2, 0.25) is 0 Å². The SMILES string of the molecule is Cc1c(O)ccc2c1C[C@@]13CC[C@@H](C1)C(=O)C(Cl)=C23. The summed E-state index contributed by atoms with van der Waals surface area (Å²) in [6.45, 7) is 1.95. The lowest BCUT2D eigenvalue weighted by Gasteiger charge is -2.30. The first kappa shape index (κ1) is 11.5. The summed E-state index contributed by atoms with van der Waals surface area (Å²) in [6, 6.07) is 3.64. The fraction of sp³-hybridized carbons (Fsp3) is 0.438. The van der Waals surface area contributed by atoms with Gasteiger partial charge in [-0.25, -0.2) is 0 Å². The van der Waals surface area contributed by atoms with Crippen LogP contribution in [-0.4, -0.2) is 10.9 Å². The van der Waals surface area contributed by atoms with Crippen LogP contribution in [-0.2, 0) is 11.2 Å². The molecule has 3 aliphatic rings. The topological polar surface area (TPSA) is 37.3 Å². The number of hydrogen-bond acceptors (Lipinski definition) is 2. The van der Waals surface area contributed by atoms with E-state index in [2.05, 4.69) is 0 Å². The summed E-state index contributed by atoms with van der Waals surface area (Å²) in [5.74, 6) is 0.592. The molecule has 1 aromatic carbocycles. The van der Waals surface area contributed by atoms with Crippen molar-refractivity contribution in [1.29, 1.82) is 0 Å². The Morgan fingerprint density at radius 2 is 2.21 bits per heavy atom. The molecule has 2 atom stereocenters. The second-order valence-electron chi connectivity index (χ2n) is 6.19. The lowest BCUT2D eigenvalue weighted by Crippen LogP contribution is -2.25. The van der Waals surface area contributed by atoms with Crippen molar-refractivity contribution in [2.24, 2.45) is 11.3 Å². The number of ketones is 1. The van der Waals surface area contributed by atoms with Crippen molar-refractivity contribution in [1.82, 2.24) is 0 Å². The highest BCUT2D eigenvalue weighted by Crippen LogP contribution is 2.63. The van der Waals surface area contributed by atoms with Gasteiger partial charge in [0, 0.05) is 11.3 Å². The van der Waals surface area contributed by atoms with E-state index in [9.17, 15) is 9.90 Å². The van der Waals surface area contributed by atoms with Crippen LogP contribution >= 0.6 is 11.6 Å². The normalized spacial score (nSPS) is 31.7. The molecule has 0 aliphatic heterocycles. The third-order valence-corrected chi connectivity index (χ3v) is 5.68. The monoisotopic (exact) mass is 274 g/mol. The Hall–Kier alpha value is -1.28. The molecular formula is C16H15ClO2. The smallest absolute Gasteiger partial charge is 0.177 e. The molecule has 0 unspecified atom stereocenters. The summed E-state index contributed by atoms with van der Waals surface area (Å²) in [4.78, 5) is 12.2. The van der Waals surface area contributed by atoms with Crippen molar-refractivity contribution in [3.8, 4) is 5.75 Å². The molecule has 1 fully saturated rings. The Balaban J connectivity index is 2.03. The van der Waals surface area contributed by atoms with Crippen molar-refractivity contribution in [3.05, 3.63) is 33.9 Å². The lowest BCUT2D eigenvalue weighted by molar-refractivity contribution is -0.118. The number of aromatic hydroxyl groups is 1. The van der Waals surface area contributed by atoms with Gasteiger partial charge in [-0.05, 0) is 60.9 Å². The summed E-state index contributed by atoms with van der Waals surface area (Å²) >= 11 is 6.38. The Morgan fingerprint density at radius 1 is 1.42 bits per heavy atom. The molecule has 0 saturated heterocycles. The summed E-state index contributed by atoms with van der Waals surface area (Å²) in [7, 11) is 0. The highest BCUT2D eigenvalue weighted by molar-refractivity contribution is 6.46. The standard InChI is InChI=1S/C16H15ClO2/c1-8-11-7-16-5-4-9(6-16)15(19)14(17)13(16)10(11)2-3-12(8)18/h2-3,9,18H,4-7H2,1H3/t9-,16+/m0/s1. The predicted octanol–water partition coefficient (Wildman–Crippen LogP) is 3.58. The van der Waals surface area contributed by atoms with Gasteiger partial charge in [-0.3, -0.25) is 4.79 Å². The Morgan fingerprint density at radius 3 is 3.00 bits per heavy atom. The van der Waals surface area contributed by atoms with E-state index >= 15 is 0 Å². The molecule has 0 radical (unpaired) electrons. The summed E-state index contributed by atoms with van der Waals surface area (Å²) in [5, 5.41) is 10.3. The molecule has 0 heterocycles. The summed E-state index contributed by atoms with van der Waals surface area (Å²) < 4.78 is 0. The van der Waals surface area contributed by atoms with Crippen LogP contribution in [0.5, 0.6) is 5.75 Å². The van der Waals surface area contributed by atoms with Gasteiger partial charge in [-0.2, -0.15) is 0 Å². The van der Waals surface area contributed by atoms with Crippen molar-refractivity contribution in [3.63, 3.8) is 0 Å². The number of phenolic OH excluding ortho intramolecular Hbond substituents is 1. The van der Waals surface area contributed by atoms with E-state index in [0.29, 0.717) is 10.8 Å². The van der Waals surface area contributed by atoms with Gasteiger partial charge >= 0.3 is 0 Å². The third-order valence-electron chi connectivity index (χ3n) is 5.30. The largest absolute Gasteiger partial charge is 0.508 e. The van der Waals surface area contributed by atoms with Gasteiger partial charge < -0.3 is 5.11 Å². The van der Waals surface area contributed by atoms with Crippen LogP contribution in [0, 0.1) is 18.3 Å². The maximum atomic E-state index is 12.2. The van der Waals surface area contributed by atoms with Crippen LogP contribution in [0.4, 0.5) is 0 Å². The predicted molar refractivity (Wildman–Crippen MR) is 74.1 cm³/mol. The van der Waals surface area contributed by atoms with Crippen LogP contribution in [0.15, 0.2) is 17.2 Å². The fourth-order valence-electron chi connectivity index (χ4n) is 4.31. The number of rotatable bonds is 0. The van der Waals surface area contributed by atoms with Crippen LogP contribution in [0.1, 0.15) is 36.0 Å². The Bertz CT molecular complexity index is 659. The first-order chi connectivity index (χ1) is 9.03. The van der Waals surface area contributed by atoms with Gasteiger partial charge in [0.25, 0.3) is 0 Å². The number of carbonyl (C=O) groups excluding carboxylic acids is 1. The molecule has 3 heteroatoms. The number of allylic oxidation sites excluding steroid dienone is 2. The second-order valence-corrected chi connectivity index (χ2v) is 6.56.